The van der Waals surface area contributed by atoms with Crippen LogP contribution in [0.4, 0.5) is 8.78 Å². The fourth-order valence-corrected chi connectivity index (χ4v) is 2.45. The first-order chi connectivity index (χ1) is 9.31. The SMILES string of the molecule is CO/C(C)=N\S(=O)(=O)c1cccc(OC(F)F)c1C#N. The number of ether oxygens (including phenoxy) is 2. The van der Waals surface area contributed by atoms with Crippen molar-refractivity contribution in [2.24, 2.45) is 4.40 Å². The molecule has 108 valence electrons. The number of rotatable bonds is 4. The zero-order valence-electron chi connectivity index (χ0n) is 10.5. The predicted octanol–water partition coefficient (Wildman–Crippen LogP) is 1.91. The van der Waals surface area contributed by atoms with E-state index in [2.05, 4.69) is 13.9 Å². The summed E-state index contributed by atoms with van der Waals surface area (Å²) >= 11 is 0. The third-order valence-corrected chi connectivity index (χ3v) is 3.53. The second kappa shape index (κ2) is 6.29. The minimum Gasteiger partial charge on any atom is -0.484 e. The van der Waals surface area contributed by atoms with E-state index in [0.29, 0.717) is 0 Å². The zero-order valence-corrected chi connectivity index (χ0v) is 11.3. The summed E-state index contributed by atoms with van der Waals surface area (Å²) in [6.07, 6.45) is 0. The molecule has 0 amide bonds. The van der Waals surface area contributed by atoms with Gasteiger partial charge in [0.1, 0.15) is 22.3 Å². The molecule has 0 aliphatic carbocycles. The monoisotopic (exact) mass is 304 g/mol. The number of hydrogen-bond acceptors (Lipinski definition) is 5. The lowest BCUT2D eigenvalue weighted by Crippen LogP contribution is -2.08. The van der Waals surface area contributed by atoms with E-state index in [1.54, 1.807) is 0 Å². The van der Waals surface area contributed by atoms with Crippen molar-refractivity contribution in [2.75, 3.05) is 7.11 Å². The number of alkyl halides is 2. The highest BCUT2D eigenvalue weighted by Gasteiger charge is 2.23. The number of halogens is 2. The van der Waals surface area contributed by atoms with Gasteiger partial charge < -0.3 is 9.47 Å². The first kappa shape index (κ1) is 15.8. The average Bonchev–Trinajstić information content (AvgIpc) is 2.37. The third kappa shape index (κ3) is 3.64. The molecule has 0 aromatic heterocycles. The molecule has 0 fully saturated rings. The van der Waals surface area contributed by atoms with Gasteiger partial charge in [0.25, 0.3) is 10.0 Å². The van der Waals surface area contributed by atoms with Crippen molar-refractivity contribution in [3.05, 3.63) is 23.8 Å². The van der Waals surface area contributed by atoms with Gasteiger partial charge in [-0.3, -0.25) is 0 Å². The predicted molar refractivity (Wildman–Crippen MR) is 65.1 cm³/mol. The van der Waals surface area contributed by atoms with Gasteiger partial charge in [0.2, 0.25) is 0 Å². The molecule has 0 aliphatic heterocycles. The van der Waals surface area contributed by atoms with E-state index in [1.807, 2.05) is 0 Å². The lowest BCUT2D eigenvalue weighted by Gasteiger charge is -2.09. The first-order valence-electron chi connectivity index (χ1n) is 5.15. The van der Waals surface area contributed by atoms with Gasteiger partial charge >= 0.3 is 6.61 Å². The van der Waals surface area contributed by atoms with Crippen molar-refractivity contribution in [3.63, 3.8) is 0 Å². The van der Waals surface area contributed by atoms with Crippen molar-refractivity contribution >= 4 is 15.9 Å². The molecule has 0 aliphatic rings. The van der Waals surface area contributed by atoms with Gasteiger partial charge in [-0.1, -0.05) is 6.07 Å². The molecule has 0 unspecified atom stereocenters. The normalized spacial score (nSPS) is 12.1. The standard InChI is InChI=1S/C11H10F2N2O4S/c1-7(18-2)15-20(16,17)10-5-3-4-9(8(10)6-14)19-11(12)13/h3-5,11H,1-2H3/b15-7-. The van der Waals surface area contributed by atoms with Crippen LogP contribution in [0.2, 0.25) is 0 Å². The zero-order chi connectivity index (χ0) is 15.3. The molecule has 1 aromatic rings. The minimum absolute atomic E-state index is 0.158. The van der Waals surface area contributed by atoms with Gasteiger partial charge in [0.15, 0.2) is 5.90 Å². The second-order valence-electron chi connectivity index (χ2n) is 3.41. The molecule has 6 nitrogen and oxygen atoms in total. The molecule has 0 saturated carbocycles. The molecular weight excluding hydrogens is 294 g/mol. The van der Waals surface area contributed by atoms with Gasteiger partial charge in [-0.2, -0.15) is 22.5 Å². The summed E-state index contributed by atoms with van der Waals surface area (Å²) in [5.74, 6) is -0.692. The summed E-state index contributed by atoms with van der Waals surface area (Å²) in [6, 6.07) is 4.82. The lowest BCUT2D eigenvalue weighted by molar-refractivity contribution is -0.0502. The van der Waals surface area contributed by atoms with Crippen molar-refractivity contribution < 1.29 is 26.7 Å². The molecule has 0 radical (unpaired) electrons. The summed E-state index contributed by atoms with van der Waals surface area (Å²) in [5, 5.41) is 8.95. The molecule has 0 atom stereocenters. The van der Waals surface area contributed by atoms with E-state index < -0.39 is 32.8 Å². The summed E-state index contributed by atoms with van der Waals surface area (Å²) in [4.78, 5) is -0.533. The molecule has 0 N–H and O–H groups in total. The van der Waals surface area contributed by atoms with Crippen LogP contribution >= 0.6 is 0 Å². The van der Waals surface area contributed by atoms with E-state index in [0.717, 1.165) is 12.1 Å². The van der Waals surface area contributed by atoms with Crippen LogP contribution in [0.3, 0.4) is 0 Å². The van der Waals surface area contributed by atoms with Gasteiger partial charge in [0, 0.05) is 6.92 Å². The van der Waals surface area contributed by atoms with Crippen LogP contribution in [0.1, 0.15) is 12.5 Å². The van der Waals surface area contributed by atoms with Gasteiger partial charge in [-0.25, -0.2) is 0 Å². The van der Waals surface area contributed by atoms with Gasteiger partial charge in [-0.15, -0.1) is 4.40 Å². The summed E-state index contributed by atoms with van der Waals surface area (Å²) in [6.45, 7) is -1.88. The smallest absolute Gasteiger partial charge is 0.387 e. The molecule has 9 heteroatoms. The number of nitriles is 1. The van der Waals surface area contributed by atoms with Crippen LogP contribution in [-0.4, -0.2) is 28.0 Å². The quantitative estimate of drug-likeness (QED) is 0.626. The van der Waals surface area contributed by atoms with Crippen LogP contribution in [0.5, 0.6) is 5.75 Å². The van der Waals surface area contributed by atoms with E-state index >= 15 is 0 Å². The van der Waals surface area contributed by atoms with E-state index in [9.17, 15) is 17.2 Å². The fourth-order valence-electron chi connectivity index (χ4n) is 1.29. The van der Waals surface area contributed by atoms with Crippen molar-refractivity contribution in [2.45, 2.75) is 18.4 Å². The Hall–Kier alpha value is -2.21. The first-order valence-corrected chi connectivity index (χ1v) is 6.59. The molecule has 0 heterocycles. The number of hydrogen-bond donors (Lipinski definition) is 0. The minimum atomic E-state index is -4.26. The van der Waals surface area contributed by atoms with Crippen LogP contribution in [-0.2, 0) is 14.8 Å². The number of methoxy groups -OCH3 is 1. The molecule has 20 heavy (non-hydrogen) atoms. The Kier molecular flexibility index (Phi) is 4.99. The van der Waals surface area contributed by atoms with Gasteiger partial charge in [-0.05, 0) is 12.1 Å². The largest absolute Gasteiger partial charge is 0.484 e. The number of sulfonamides is 1. The second-order valence-corrected chi connectivity index (χ2v) is 4.98. The lowest BCUT2D eigenvalue weighted by atomic mass is 10.2. The highest BCUT2D eigenvalue weighted by Crippen LogP contribution is 2.27. The Morgan fingerprint density at radius 3 is 2.60 bits per heavy atom. The summed E-state index contributed by atoms with van der Waals surface area (Å²) in [7, 11) is -3.04. The molecule has 0 bridgehead atoms. The van der Waals surface area contributed by atoms with Crippen molar-refractivity contribution in [3.8, 4) is 11.8 Å². The van der Waals surface area contributed by atoms with Crippen molar-refractivity contribution in [1.82, 2.24) is 0 Å². The van der Waals surface area contributed by atoms with E-state index in [4.69, 9.17) is 5.26 Å². The molecule has 1 rings (SSSR count). The Bertz CT molecular complexity index is 665. The van der Waals surface area contributed by atoms with Crippen molar-refractivity contribution in [1.29, 1.82) is 5.26 Å². The fraction of sp³-hybridized carbons (Fsp3) is 0.273. The highest BCUT2D eigenvalue weighted by atomic mass is 32.2. The Balaban J connectivity index is 3.44. The molecule has 0 spiro atoms. The molecular formula is C11H10F2N2O4S. The van der Waals surface area contributed by atoms with E-state index in [1.165, 1.54) is 26.2 Å². The topological polar surface area (TPSA) is 88.8 Å². The maximum Gasteiger partial charge on any atom is 0.387 e. The van der Waals surface area contributed by atoms with Gasteiger partial charge in [0.05, 0.1) is 7.11 Å². The molecule has 0 saturated heterocycles. The Morgan fingerprint density at radius 2 is 2.10 bits per heavy atom. The maximum absolute atomic E-state index is 12.2. The number of benzene rings is 1. The maximum atomic E-state index is 12.2. The van der Waals surface area contributed by atoms with E-state index in [-0.39, 0.29) is 5.90 Å². The Morgan fingerprint density at radius 1 is 1.45 bits per heavy atom. The average molecular weight is 304 g/mol. The van der Waals surface area contributed by atoms with Crippen LogP contribution < -0.4 is 4.74 Å². The third-order valence-electron chi connectivity index (χ3n) is 2.14. The van der Waals surface area contributed by atoms with Crippen LogP contribution in [0, 0.1) is 11.3 Å². The van der Waals surface area contributed by atoms with Crippen LogP contribution in [0.15, 0.2) is 27.5 Å². The summed E-state index contributed by atoms with van der Waals surface area (Å²) in [5.41, 5.74) is -0.541. The highest BCUT2D eigenvalue weighted by molar-refractivity contribution is 7.90. The van der Waals surface area contributed by atoms with Crippen LogP contribution in [0.25, 0.3) is 0 Å². The number of nitrogens with zero attached hydrogens (tertiary/aromatic N) is 2. The Labute approximate surface area is 114 Å². The summed E-state index contributed by atoms with van der Waals surface area (Å²) < 4.78 is 60.3. The molecule has 1 aromatic carbocycles.